The van der Waals surface area contributed by atoms with Crippen molar-refractivity contribution in [3.05, 3.63) is 29.6 Å². The highest BCUT2D eigenvalue weighted by Gasteiger charge is 2.18. The molecule has 0 aliphatic heterocycles. The molecule has 0 amide bonds. The topological polar surface area (TPSA) is 40.7 Å². The Bertz CT molecular complexity index is 524. The summed E-state index contributed by atoms with van der Waals surface area (Å²) in [7, 11) is 1.98. The Balaban J connectivity index is 1.89. The van der Waals surface area contributed by atoms with Gasteiger partial charge in [-0.2, -0.15) is 0 Å². The highest BCUT2D eigenvalue weighted by Crippen LogP contribution is 2.32. The number of benzene rings is 1. The lowest BCUT2D eigenvalue weighted by atomic mass is 9.89. The molecule has 0 saturated heterocycles. The Morgan fingerprint density at radius 1 is 1.28 bits per heavy atom. The average molecular weight is 243 g/mol. The lowest BCUT2D eigenvalue weighted by Gasteiger charge is -2.18. The molecule has 0 bridgehead atoms. The van der Waals surface area contributed by atoms with Crippen LogP contribution in [-0.2, 0) is 6.54 Å². The number of nitrogens with zero attached hydrogens (tertiary/aromatic N) is 1. The summed E-state index contributed by atoms with van der Waals surface area (Å²) in [4.78, 5) is 8.29. The molecule has 3 rings (SSSR count). The highest BCUT2D eigenvalue weighted by atomic mass is 14.9. The molecule has 1 aliphatic rings. The maximum Gasteiger partial charge on any atom is 0.110 e. The van der Waals surface area contributed by atoms with Gasteiger partial charge in [0.05, 0.1) is 11.0 Å². The summed E-state index contributed by atoms with van der Waals surface area (Å²) in [5.41, 5.74) is 3.60. The first-order valence-corrected chi connectivity index (χ1v) is 7.00. The van der Waals surface area contributed by atoms with Crippen molar-refractivity contribution in [2.24, 2.45) is 0 Å². The number of hydrogen-bond acceptors (Lipinski definition) is 2. The summed E-state index contributed by atoms with van der Waals surface area (Å²) in [6.07, 6.45) is 6.69. The number of nitrogens with one attached hydrogen (secondary N) is 2. The van der Waals surface area contributed by atoms with Crippen molar-refractivity contribution < 1.29 is 0 Å². The normalized spacial score (nSPS) is 17.4. The van der Waals surface area contributed by atoms with Crippen LogP contribution >= 0.6 is 0 Å². The third-order valence-corrected chi connectivity index (χ3v) is 3.94. The summed E-state index contributed by atoms with van der Waals surface area (Å²) in [5.74, 6) is 1.85. The average Bonchev–Trinajstić information content (AvgIpc) is 2.83. The molecule has 0 atom stereocenters. The van der Waals surface area contributed by atoms with Crippen LogP contribution in [0, 0.1) is 0 Å². The van der Waals surface area contributed by atoms with Crippen LogP contribution in [0.4, 0.5) is 0 Å². The predicted octanol–water partition coefficient (Wildman–Crippen LogP) is 3.33. The molecule has 1 aromatic carbocycles. The molecular weight excluding hydrogens is 222 g/mol. The zero-order valence-corrected chi connectivity index (χ0v) is 11.0. The first kappa shape index (κ1) is 11.7. The first-order chi connectivity index (χ1) is 8.86. The SMILES string of the molecule is CNCc1ccc2nc(C3CCCCC3)[nH]c2c1. The van der Waals surface area contributed by atoms with E-state index in [1.807, 2.05) is 7.05 Å². The molecule has 2 N–H and O–H groups in total. The van der Waals surface area contributed by atoms with Crippen LogP contribution in [0.3, 0.4) is 0 Å². The smallest absolute Gasteiger partial charge is 0.110 e. The van der Waals surface area contributed by atoms with Gasteiger partial charge in [-0.25, -0.2) is 4.98 Å². The minimum atomic E-state index is 0.652. The molecule has 2 aromatic rings. The second-order valence-corrected chi connectivity index (χ2v) is 5.34. The van der Waals surface area contributed by atoms with Gasteiger partial charge in [0.15, 0.2) is 0 Å². The highest BCUT2D eigenvalue weighted by molar-refractivity contribution is 5.76. The lowest BCUT2D eigenvalue weighted by molar-refractivity contribution is 0.431. The summed E-state index contributed by atoms with van der Waals surface area (Å²) in [6, 6.07) is 6.50. The van der Waals surface area contributed by atoms with E-state index in [0.29, 0.717) is 5.92 Å². The molecule has 3 nitrogen and oxygen atoms in total. The van der Waals surface area contributed by atoms with Crippen molar-refractivity contribution in [2.75, 3.05) is 7.05 Å². The van der Waals surface area contributed by atoms with Gasteiger partial charge in [0.2, 0.25) is 0 Å². The van der Waals surface area contributed by atoms with Crippen molar-refractivity contribution in [2.45, 2.75) is 44.6 Å². The Labute approximate surface area is 108 Å². The molecule has 18 heavy (non-hydrogen) atoms. The summed E-state index contributed by atoms with van der Waals surface area (Å²) in [6.45, 7) is 0.910. The number of aromatic nitrogens is 2. The Hall–Kier alpha value is -1.35. The van der Waals surface area contributed by atoms with Crippen LogP contribution in [0.15, 0.2) is 18.2 Å². The van der Waals surface area contributed by atoms with Crippen LogP contribution in [0.25, 0.3) is 11.0 Å². The molecule has 1 aromatic heterocycles. The number of H-pyrrole nitrogens is 1. The van der Waals surface area contributed by atoms with Crippen molar-refractivity contribution in [3.8, 4) is 0 Å². The number of rotatable bonds is 3. The minimum Gasteiger partial charge on any atom is -0.342 e. The van der Waals surface area contributed by atoms with E-state index in [0.717, 1.165) is 12.1 Å². The number of aromatic amines is 1. The van der Waals surface area contributed by atoms with Gasteiger partial charge in [-0.05, 0) is 37.6 Å². The van der Waals surface area contributed by atoms with Crippen LogP contribution in [0.2, 0.25) is 0 Å². The molecular formula is C15H21N3. The van der Waals surface area contributed by atoms with Crippen molar-refractivity contribution >= 4 is 11.0 Å². The third kappa shape index (κ3) is 2.27. The monoisotopic (exact) mass is 243 g/mol. The second-order valence-electron chi connectivity index (χ2n) is 5.34. The molecule has 1 aliphatic carbocycles. The zero-order valence-electron chi connectivity index (χ0n) is 11.0. The molecule has 96 valence electrons. The fourth-order valence-corrected chi connectivity index (χ4v) is 2.96. The van der Waals surface area contributed by atoms with E-state index < -0.39 is 0 Å². The van der Waals surface area contributed by atoms with E-state index in [9.17, 15) is 0 Å². The first-order valence-electron chi connectivity index (χ1n) is 7.00. The molecule has 0 unspecified atom stereocenters. The summed E-state index contributed by atoms with van der Waals surface area (Å²) in [5, 5.41) is 3.18. The van der Waals surface area contributed by atoms with Gasteiger partial charge in [0, 0.05) is 12.5 Å². The number of fused-ring (bicyclic) bond motifs is 1. The quantitative estimate of drug-likeness (QED) is 0.868. The maximum absolute atomic E-state index is 4.76. The third-order valence-electron chi connectivity index (χ3n) is 3.94. The fourth-order valence-electron chi connectivity index (χ4n) is 2.96. The van der Waals surface area contributed by atoms with Crippen LogP contribution < -0.4 is 5.32 Å². The fraction of sp³-hybridized carbons (Fsp3) is 0.533. The van der Waals surface area contributed by atoms with Gasteiger partial charge in [-0.3, -0.25) is 0 Å². The second kappa shape index (κ2) is 5.11. The summed E-state index contributed by atoms with van der Waals surface area (Å²) >= 11 is 0. The van der Waals surface area contributed by atoms with E-state index in [1.54, 1.807) is 0 Å². The largest absolute Gasteiger partial charge is 0.342 e. The Kier molecular flexibility index (Phi) is 3.33. The van der Waals surface area contributed by atoms with E-state index >= 15 is 0 Å². The van der Waals surface area contributed by atoms with Gasteiger partial charge in [0.1, 0.15) is 5.82 Å². The molecule has 0 radical (unpaired) electrons. The van der Waals surface area contributed by atoms with Gasteiger partial charge >= 0.3 is 0 Å². The molecule has 0 spiro atoms. The molecule has 1 fully saturated rings. The Morgan fingerprint density at radius 3 is 2.89 bits per heavy atom. The van der Waals surface area contributed by atoms with E-state index in [2.05, 4.69) is 28.5 Å². The van der Waals surface area contributed by atoms with Crippen molar-refractivity contribution in [1.82, 2.24) is 15.3 Å². The van der Waals surface area contributed by atoms with Crippen LogP contribution in [0.1, 0.15) is 49.4 Å². The Morgan fingerprint density at radius 2 is 2.11 bits per heavy atom. The molecule has 3 heteroatoms. The van der Waals surface area contributed by atoms with E-state index in [1.165, 1.54) is 49.0 Å². The lowest BCUT2D eigenvalue weighted by Crippen LogP contribution is -2.05. The van der Waals surface area contributed by atoms with Crippen LogP contribution in [0.5, 0.6) is 0 Å². The van der Waals surface area contributed by atoms with Crippen molar-refractivity contribution in [1.29, 1.82) is 0 Å². The van der Waals surface area contributed by atoms with Gasteiger partial charge in [-0.1, -0.05) is 25.3 Å². The minimum absolute atomic E-state index is 0.652. The standard InChI is InChI=1S/C15H21N3/c1-16-10-11-7-8-13-14(9-11)18-15(17-13)12-5-3-2-4-6-12/h7-9,12,16H,2-6,10H2,1H3,(H,17,18). The van der Waals surface area contributed by atoms with Gasteiger partial charge in [-0.15, -0.1) is 0 Å². The van der Waals surface area contributed by atoms with Gasteiger partial charge < -0.3 is 10.3 Å². The zero-order chi connectivity index (χ0) is 12.4. The van der Waals surface area contributed by atoms with Gasteiger partial charge in [0.25, 0.3) is 0 Å². The predicted molar refractivity (Wildman–Crippen MR) is 74.7 cm³/mol. The van der Waals surface area contributed by atoms with E-state index in [-0.39, 0.29) is 0 Å². The molecule has 1 saturated carbocycles. The molecule has 1 heterocycles. The number of hydrogen-bond donors (Lipinski definition) is 2. The summed E-state index contributed by atoms with van der Waals surface area (Å²) < 4.78 is 0. The van der Waals surface area contributed by atoms with Crippen LogP contribution in [-0.4, -0.2) is 17.0 Å². The number of imidazole rings is 1. The van der Waals surface area contributed by atoms with E-state index in [4.69, 9.17) is 4.98 Å². The van der Waals surface area contributed by atoms with Crippen molar-refractivity contribution in [3.63, 3.8) is 0 Å². The maximum atomic E-state index is 4.76.